The van der Waals surface area contributed by atoms with Crippen LogP contribution in [0.1, 0.15) is 0 Å². The molecule has 0 aliphatic rings. The molecule has 0 fully saturated rings. The molecule has 0 unspecified atom stereocenters. The van der Waals surface area contributed by atoms with E-state index in [2.05, 4.69) is 20.5 Å². The highest BCUT2D eigenvalue weighted by molar-refractivity contribution is 5.61. The summed E-state index contributed by atoms with van der Waals surface area (Å²) in [6.07, 6.45) is 0. The molecule has 0 saturated carbocycles. The maximum absolute atomic E-state index is 4.23. The Morgan fingerprint density at radius 3 is 1.90 bits per heavy atom. The molecule has 0 atom stereocenters. The Bertz CT molecular complexity index is 614. The summed E-state index contributed by atoms with van der Waals surface area (Å²) in [6, 6.07) is 15.4. The first-order chi connectivity index (χ1) is 9.70. The van der Waals surface area contributed by atoms with E-state index in [0.717, 1.165) is 11.4 Å². The van der Waals surface area contributed by atoms with E-state index in [-0.39, 0.29) is 0 Å². The molecule has 2 aromatic carbocycles. The van der Waals surface area contributed by atoms with Gasteiger partial charge in [0.2, 0.25) is 0 Å². The van der Waals surface area contributed by atoms with Crippen molar-refractivity contribution in [2.45, 2.75) is 0 Å². The number of benzene rings is 2. The Hall–Kier alpha value is -2.56. The first-order valence-corrected chi connectivity index (χ1v) is 6.28. The highest BCUT2D eigenvalue weighted by Crippen LogP contribution is 2.29. The first-order valence-electron chi connectivity index (χ1n) is 6.28. The molecule has 0 aliphatic carbocycles. The Morgan fingerprint density at radius 2 is 1.35 bits per heavy atom. The van der Waals surface area contributed by atoms with Gasteiger partial charge in [-0.2, -0.15) is 15.3 Å². The minimum absolute atomic E-state index is 0.704. The fraction of sp³-hybridized carbons (Fsp3) is 0.200. The summed E-state index contributed by atoms with van der Waals surface area (Å²) in [5, 5.41) is 16.2. The predicted octanol–water partition coefficient (Wildman–Crippen LogP) is 4.88. The lowest BCUT2D eigenvalue weighted by Gasteiger charge is -2.11. The van der Waals surface area contributed by atoms with Gasteiger partial charge in [-0.25, -0.2) is 0 Å². The molecule has 102 valence electrons. The molecular weight excluding hydrogens is 250 g/mol. The van der Waals surface area contributed by atoms with Gasteiger partial charge < -0.3 is 4.90 Å². The van der Waals surface area contributed by atoms with Crippen LogP contribution in [0.3, 0.4) is 0 Å². The molecule has 0 amide bonds. The fourth-order valence-electron chi connectivity index (χ4n) is 1.67. The van der Waals surface area contributed by atoms with Crippen molar-refractivity contribution in [3.05, 3.63) is 48.5 Å². The average Bonchev–Trinajstić information content (AvgIpc) is 2.47. The van der Waals surface area contributed by atoms with Crippen molar-refractivity contribution in [2.75, 3.05) is 26.0 Å². The van der Waals surface area contributed by atoms with E-state index in [1.54, 1.807) is 7.05 Å². The van der Waals surface area contributed by atoms with Crippen LogP contribution in [-0.2, 0) is 0 Å². The highest BCUT2D eigenvalue weighted by Gasteiger charge is 1.99. The summed E-state index contributed by atoms with van der Waals surface area (Å²) in [7, 11) is 5.64. The normalized spacial score (nSPS) is 11.3. The van der Waals surface area contributed by atoms with Crippen LogP contribution in [-0.4, -0.2) is 21.1 Å². The number of azo groups is 2. The largest absolute Gasteiger partial charge is 0.378 e. The van der Waals surface area contributed by atoms with E-state index in [4.69, 9.17) is 0 Å². The van der Waals surface area contributed by atoms with Gasteiger partial charge in [0.15, 0.2) is 0 Å². The fourth-order valence-corrected chi connectivity index (χ4v) is 1.67. The van der Waals surface area contributed by atoms with E-state index in [1.807, 2.05) is 67.5 Å². The van der Waals surface area contributed by atoms with Gasteiger partial charge in [0.25, 0.3) is 0 Å². The van der Waals surface area contributed by atoms with Crippen LogP contribution in [0.25, 0.3) is 0 Å². The summed E-state index contributed by atoms with van der Waals surface area (Å²) in [5.41, 5.74) is 3.35. The van der Waals surface area contributed by atoms with Gasteiger partial charge in [-0.15, -0.1) is 5.11 Å². The predicted molar refractivity (Wildman–Crippen MR) is 81.8 cm³/mol. The molecule has 0 bridgehead atoms. The van der Waals surface area contributed by atoms with Crippen LogP contribution in [0.2, 0.25) is 0 Å². The lowest BCUT2D eigenvalue weighted by molar-refractivity contribution is 1.13. The summed E-state index contributed by atoms with van der Waals surface area (Å²) in [5.74, 6) is 0. The maximum Gasteiger partial charge on any atom is 0.113 e. The topological polar surface area (TPSA) is 52.7 Å². The van der Waals surface area contributed by atoms with Crippen LogP contribution in [0.5, 0.6) is 0 Å². The van der Waals surface area contributed by atoms with E-state index in [0.29, 0.717) is 11.4 Å². The quantitative estimate of drug-likeness (QED) is 0.728. The SMILES string of the molecule is C/N=N/c1ccccc1/N=N/c1ccc(N(C)C)cc1. The molecule has 0 aliphatic heterocycles. The van der Waals surface area contributed by atoms with Crippen molar-refractivity contribution >= 4 is 22.7 Å². The highest BCUT2D eigenvalue weighted by atomic mass is 15.1. The second kappa shape index (κ2) is 6.56. The average molecular weight is 267 g/mol. The second-order valence-electron chi connectivity index (χ2n) is 4.40. The number of nitrogens with zero attached hydrogens (tertiary/aromatic N) is 5. The van der Waals surface area contributed by atoms with Crippen molar-refractivity contribution in [3.8, 4) is 0 Å². The van der Waals surface area contributed by atoms with Gasteiger partial charge in [-0.1, -0.05) is 12.1 Å². The van der Waals surface area contributed by atoms with E-state index in [9.17, 15) is 0 Å². The summed E-state index contributed by atoms with van der Waals surface area (Å²) in [6.45, 7) is 0. The minimum atomic E-state index is 0.704. The number of hydrogen-bond acceptors (Lipinski definition) is 5. The van der Waals surface area contributed by atoms with Crippen LogP contribution in [0.4, 0.5) is 22.7 Å². The zero-order chi connectivity index (χ0) is 14.4. The lowest BCUT2D eigenvalue weighted by Crippen LogP contribution is -2.07. The molecule has 0 spiro atoms. The van der Waals surface area contributed by atoms with Gasteiger partial charge >= 0.3 is 0 Å². The molecule has 2 aromatic rings. The van der Waals surface area contributed by atoms with Crippen LogP contribution in [0.15, 0.2) is 69.0 Å². The van der Waals surface area contributed by atoms with Crippen LogP contribution < -0.4 is 4.90 Å². The van der Waals surface area contributed by atoms with Gasteiger partial charge in [-0.3, -0.25) is 0 Å². The molecule has 20 heavy (non-hydrogen) atoms. The van der Waals surface area contributed by atoms with Crippen molar-refractivity contribution < 1.29 is 0 Å². The molecule has 0 heterocycles. The van der Waals surface area contributed by atoms with Crippen LogP contribution >= 0.6 is 0 Å². The third-order valence-corrected chi connectivity index (χ3v) is 2.73. The third kappa shape index (κ3) is 3.47. The molecule has 0 N–H and O–H groups in total. The van der Waals surface area contributed by atoms with Gasteiger partial charge in [0, 0.05) is 26.8 Å². The van der Waals surface area contributed by atoms with Gasteiger partial charge in [0.05, 0.1) is 5.69 Å². The molecular formula is C15H17N5. The Labute approximate surface area is 118 Å². The van der Waals surface area contributed by atoms with E-state index < -0.39 is 0 Å². The Kier molecular flexibility index (Phi) is 4.55. The van der Waals surface area contributed by atoms with Crippen molar-refractivity contribution in [2.24, 2.45) is 20.5 Å². The smallest absolute Gasteiger partial charge is 0.113 e. The standard InChI is InChI=1S/C15H17N5/c1-16-18-14-6-4-5-7-15(14)19-17-12-8-10-13(11-9-12)20(2)3/h4-11H,1-3H3/b18-16+,19-17+. The van der Waals surface area contributed by atoms with Crippen LogP contribution in [0, 0.1) is 0 Å². The molecule has 5 nitrogen and oxygen atoms in total. The van der Waals surface area contributed by atoms with Gasteiger partial charge in [0.1, 0.15) is 11.4 Å². The van der Waals surface area contributed by atoms with E-state index >= 15 is 0 Å². The maximum atomic E-state index is 4.23. The van der Waals surface area contributed by atoms with E-state index in [1.165, 1.54) is 0 Å². The molecule has 0 aromatic heterocycles. The lowest BCUT2D eigenvalue weighted by atomic mass is 10.3. The Morgan fingerprint density at radius 1 is 0.750 bits per heavy atom. The Balaban J connectivity index is 2.21. The van der Waals surface area contributed by atoms with Crippen molar-refractivity contribution in [3.63, 3.8) is 0 Å². The molecule has 0 radical (unpaired) electrons. The monoisotopic (exact) mass is 267 g/mol. The van der Waals surface area contributed by atoms with Crippen molar-refractivity contribution in [1.29, 1.82) is 0 Å². The third-order valence-electron chi connectivity index (χ3n) is 2.73. The number of hydrogen-bond donors (Lipinski definition) is 0. The zero-order valence-electron chi connectivity index (χ0n) is 11.9. The molecule has 0 saturated heterocycles. The first kappa shape index (κ1) is 13.9. The summed E-state index contributed by atoms with van der Waals surface area (Å²) < 4.78 is 0. The molecule has 2 rings (SSSR count). The second-order valence-corrected chi connectivity index (χ2v) is 4.40. The van der Waals surface area contributed by atoms with Crippen molar-refractivity contribution in [1.82, 2.24) is 0 Å². The number of anilines is 1. The minimum Gasteiger partial charge on any atom is -0.378 e. The summed E-state index contributed by atoms with van der Waals surface area (Å²) >= 11 is 0. The zero-order valence-corrected chi connectivity index (χ0v) is 11.9. The van der Waals surface area contributed by atoms with Gasteiger partial charge in [-0.05, 0) is 36.4 Å². The molecule has 5 heteroatoms. The number of rotatable bonds is 4. The summed E-state index contributed by atoms with van der Waals surface area (Å²) in [4.78, 5) is 2.04.